The maximum atomic E-state index is 6.62. The van der Waals surface area contributed by atoms with Gasteiger partial charge in [0.25, 0.3) is 0 Å². The Morgan fingerprint density at radius 1 is 1.24 bits per heavy atom. The van der Waals surface area contributed by atoms with Crippen molar-refractivity contribution in [2.45, 2.75) is 76.7 Å². The first kappa shape index (κ1) is 15.1. The Kier molecular flexibility index (Phi) is 4.44. The van der Waals surface area contributed by atoms with E-state index in [1.165, 1.54) is 38.5 Å². The summed E-state index contributed by atoms with van der Waals surface area (Å²) >= 11 is 6.62. The lowest BCUT2D eigenvalue weighted by Gasteiger charge is -2.53. The van der Waals surface area contributed by atoms with Crippen LogP contribution in [-0.2, 0) is 6.42 Å². The van der Waals surface area contributed by atoms with Crippen molar-refractivity contribution in [2.75, 3.05) is 0 Å². The average molecular weight is 308 g/mol. The van der Waals surface area contributed by atoms with E-state index in [1.54, 1.807) is 0 Å². The van der Waals surface area contributed by atoms with E-state index in [1.807, 2.05) is 13.0 Å². The molecule has 0 aliphatic heterocycles. The highest BCUT2D eigenvalue weighted by atomic mass is 35.5. The van der Waals surface area contributed by atoms with Gasteiger partial charge in [0.2, 0.25) is 0 Å². The van der Waals surface area contributed by atoms with E-state index in [0.29, 0.717) is 5.38 Å². The van der Waals surface area contributed by atoms with Crippen molar-refractivity contribution in [1.29, 1.82) is 0 Å². The summed E-state index contributed by atoms with van der Waals surface area (Å²) in [5.74, 6) is 0.972. The van der Waals surface area contributed by atoms with Crippen LogP contribution >= 0.6 is 11.6 Å². The van der Waals surface area contributed by atoms with Crippen LogP contribution in [0.2, 0.25) is 0 Å². The lowest BCUT2D eigenvalue weighted by atomic mass is 9.61. The summed E-state index contributed by atoms with van der Waals surface area (Å²) in [5, 5.41) is 0.295. The molecule has 0 saturated heterocycles. The Labute approximate surface area is 133 Å². The molecule has 3 heteroatoms. The van der Waals surface area contributed by atoms with Crippen LogP contribution in [0.25, 0.3) is 0 Å². The molecule has 3 rings (SSSR count). The molecule has 1 aromatic heterocycles. The van der Waals surface area contributed by atoms with E-state index in [4.69, 9.17) is 16.3 Å². The topological polar surface area (TPSA) is 22.1 Å². The molecule has 2 fully saturated rings. The molecule has 2 nitrogen and oxygen atoms in total. The predicted molar refractivity (Wildman–Crippen MR) is 87.2 cm³/mol. The number of halogens is 1. The third-order valence-electron chi connectivity index (χ3n) is 5.40. The SMILES string of the molecule is CCc1nc(C)ccc1OC1CC(Cl)C12CCCCCC2. The van der Waals surface area contributed by atoms with Crippen molar-refractivity contribution in [3.8, 4) is 5.75 Å². The zero-order chi connectivity index (χ0) is 14.9. The molecule has 2 aliphatic rings. The number of hydrogen-bond donors (Lipinski definition) is 0. The van der Waals surface area contributed by atoms with E-state index >= 15 is 0 Å². The van der Waals surface area contributed by atoms with Gasteiger partial charge < -0.3 is 4.74 Å². The number of nitrogens with zero attached hydrogens (tertiary/aromatic N) is 1. The molecule has 0 aromatic carbocycles. The molecule has 21 heavy (non-hydrogen) atoms. The van der Waals surface area contributed by atoms with Crippen LogP contribution in [0, 0.1) is 12.3 Å². The smallest absolute Gasteiger partial charge is 0.141 e. The summed E-state index contributed by atoms with van der Waals surface area (Å²) in [5.41, 5.74) is 2.36. The van der Waals surface area contributed by atoms with Gasteiger partial charge in [0.1, 0.15) is 11.9 Å². The number of ether oxygens (including phenoxy) is 1. The van der Waals surface area contributed by atoms with Gasteiger partial charge >= 0.3 is 0 Å². The first-order valence-electron chi connectivity index (χ1n) is 8.43. The normalized spacial score (nSPS) is 28.0. The van der Waals surface area contributed by atoms with Gasteiger partial charge in [-0.2, -0.15) is 0 Å². The van der Waals surface area contributed by atoms with Gasteiger partial charge in [0.05, 0.1) is 5.69 Å². The van der Waals surface area contributed by atoms with Gasteiger partial charge in [-0.05, 0) is 38.3 Å². The molecule has 0 radical (unpaired) electrons. The van der Waals surface area contributed by atoms with Gasteiger partial charge in [-0.15, -0.1) is 11.6 Å². The second kappa shape index (κ2) is 6.16. The van der Waals surface area contributed by atoms with E-state index < -0.39 is 0 Å². The third kappa shape index (κ3) is 2.79. The largest absolute Gasteiger partial charge is 0.488 e. The quantitative estimate of drug-likeness (QED) is 0.729. The van der Waals surface area contributed by atoms with Crippen molar-refractivity contribution in [3.05, 3.63) is 23.5 Å². The Morgan fingerprint density at radius 3 is 2.57 bits per heavy atom. The van der Waals surface area contributed by atoms with Crippen LogP contribution in [0.4, 0.5) is 0 Å². The molecule has 1 aromatic rings. The van der Waals surface area contributed by atoms with E-state index in [0.717, 1.165) is 30.0 Å². The zero-order valence-electron chi connectivity index (χ0n) is 13.2. The fourth-order valence-corrected chi connectivity index (χ4v) is 4.52. The Hall–Kier alpha value is -0.760. The summed E-state index contributed by atoms with van der Waals surface area (Å²) in [6.07, 6.45) is 9.95. The molecule has 0 amide bonds. The first-order valence-corrected chi connectivity index (χ1v) is 8.86. The maximum Gasteiger partial charge on any atom is 0.141 e. The number of aryl methyl sites for hydroxylation is 2. The second-order valence-electron chi connectivity index (χ2n) is 6.71. The number of hydrogen-bond acceptors (Lipinski definition) is 2. The van der Waals surface area contributed by atoms with E-state index in [2.05, 4.69) is 18.0 Å². The van der Waals surface area contributed by atoms with Crippen LogP contribution in [0.5, 0.6) is 5.75 Å². The molecular weight excluding hydrogens is 282 g/mol. The summed E-state index contributed by atoms with van der Waals surface area (Å²) in [7, 11) is 0. The van der Waals surface area contributed by atoms with Gasteiger partial charge in [0, 0.05) is 22.9 Å². The highest BCUT2D eigenvalue weighted by molar-refractivity contribution is 6.21. The number of alkyl halides is 1. The molecule has 0 bridgehead atoms. The van der Waals surface area contributed by atoms with Crippen LogP contribution in [-0.4, -0.2) is 16.5 Å². The first-order chi connectivity index (χ1) is 10.2. The lowest BCUT2D eigenvalue weighted by Crippen LogP contribution is -2.57. The van der Waals surface area contributed by atoms with Crippen LogP contribution < -0.4 is 4.74 Å². The molecule has 116 valence electrons. The van der Waals surface area contributed by atoms with Gasteiger partial charge in [0.15, 0.2) is 0 Å². The lowest BCUT2D eigenvalue weighted by molar-refractivity contribution is -0.0519. The Bertz CT molecular complexity index is 494. The molecule has 2 atom stereocenters. The summed E-state index contributed by atoms with van der Waals surface area (Å²) in [6.45, 7) is 4.18. The minimum Gasteiger partial charge on any atom is -0.488 e. The summed E-state index contributed by atoms with van der Waals surface area (Å²) in [4.78, 5) is 4.62. The van der Waals surface area contributed by atoms with Crippen molar-refractivity contribution in [3.63, 3.8) is 0 Å². The highest BCUT2D eigenvalue weighted by Crippen LogP contribution is 2.55. The summed E-state index contributed by atoms with van der Waals surface area (Å²) < 4.78 is 6.40. The van der Waals surface area contributed by atoms with Crippen molar-refractivity contribution in [1.82, 2.24) is 4.98 Å². The van der Waals surface area contributed by atoms with Crippen LogP contribution in [0.1, 0.15) is 63.3 Å². The molecule has 2 unspecified atom stereocenters. The third-order valence-corrected chi connectivity index (χ3v) is 6.01. The fraction of sp³-hybridized carbons (Fsp3) is 0.722. The van der Waals surface area contributed by atoms with Crippen LogP contribution in [0.15, 0.2) is 12.1 Å². The van der Waals surface area contributed by atoms with Crippen molar-refractivity contribution in [2.24, 2.45) is 5.41 Å². The predicted octanol–water partition coefficient (Wildman–Crippen LogP) is 5.05. The minimum atomic E-state index is 0.216. The number of aromatic nitrogens is 1. The van der Waals surface area contributed by atoms with Crippen LogP contribution in [0.3, 0.4) is 0 Å². The molecule has 1 heterocycles. The molecule has 2 saturated carbocycles. The molecule has 1 spiro atoms. The van der Waals surface area contributed by atoms with Crippen molar-refractivity contribution >= 4 is 11.6 Å². The second-order valence-corrected chi connectivity index (χ2v) is 7.23. The molecule has 0 N–H and O–H groups in total. The molecular formula is C18H26ClNO. The highest BCUT2D eigenvalue weighted by Gasteiger charge is 2.55. The van der Waals surface area contributed by atoms with Gasteiger partial charge in [-0.25, -0.2) is 0 Å². The number of pyridine rings is 1. The van der Waals surface area contributed by atoms with Gasteiger partial charge in [-0.1, -0.05) is 32.6 Å². The standard InChI is InChI=1S/C18H26ClNO/c1-3-14-15(9-8-13(2)20-14)21-17-12-16(19)18(17)10-6-4-5-7-11-18/h8-9,16-17H,3-7,10-12H2,1-2H3. The van der Waals surface area contributed by atoms with Gasteiger partial charge in [-0.3, -0.25) is 4.98 Å². The summed E-state index contributed by atoms with van der Waals surface area (Å²) in [6, 6.07) is 4.14. The average Bonchev–Trinajstić information content (AvgIpc) is 2.76. The monoisotopic (exact) mass is 307 g/mol. The minimum absolute atomic E-state index is 0.216. The Balaban J connectivity index is 1.78. The van der Waals surface area contributed by atoms with E-state index in [9.17, 15) is 0 Å². The number of rotatable bonds is 3. The zero-order valence-corrected chi connectivity index (χ0v) is 14.0. The van der Waals surface area contributed by atoms with E-state index in [-0.39, 0.29) is 11.5 Å². The molecule has 2 aliphatic carbocycles. The maximum absolute atomic E-state index is 6.62. The van der Waals surface area contributed by atoms with Crippen molar-refractivity contribution < 1.29 is 4.74 Å². The Morgan fingerprint density at radius 2 is 1.95 bits per heavy atom. The fourth-order valence-electron chi connectivity index (χ4n) is 4.00.